The molecule has 1 fully saturated rings. The molecule has 1 heterocycles. The summed E-state index contributed by atoms with van der Waals surface area (Å²) in [5, 5.41) is 3.70. The largest absolute Gasteiger partial charge is 0.314 e. The van der Waals surface area contributed by atoms with Crippen molar-refractivity contribution in [2.45, 2.75) is 96.9 Å². The zero-order chi connectivity index (χ0) is 13.1. The highest BCUT2D eigenvalue weighted by Gasteiger charge is 2.19. The molecule has 1 N–H and O–H groups in total. The molecule has 108 valence electrons. The Bertz CT molecular complexity index is 178. The van der Waals surface area contributed by atoms with E-state index >= 15 is 0 Å². The third-order valence-electron chi connectivity index (χ3n) is 4.59. The fourth-order valence-electron chi connectivity index (χ4n) is 3.21. The minimum Gasteiger partial charge on any atom is -0.314 e. The molecule has 1 heteroatoms. The Balaban J connectivity index is 1.88. The molecule has 1 rings (SSSR count). The number of piperidine rings is 1. The highest BCUT2D eigenvalue weighted by molar-refractivity contribution is 4.77. The van der Waals surface area contributed by atoms with Crippen molar-refractivity contribution in [3.63, 3.8) is 0 Å². The summed E-state index contributed by atoms with van der Waals surface area (Å²) < 4.78 is 0. The fraction of sp³-hybridized carbons (Fsp3) is 1.00. The van der Waals surface area contributed by atoms with Crippen LogP contribution >= 0.6 is 0 Å². The Morgan fingerprint density at radius 2 is 1.56 bits per heavy atom. The van der Waals surface area contributed by atoms with Gasteiger partial charge in [-0.2, -0.15) is 0 Å². The van der Waals surface area contributed by atoms with Gasteiger partial charge in [0.25, 0.3) is 0 Å². The van der Waals surface area contributed by atoms with Crippen LogP contribution in [0.5, 0.6) is 0 Å². The van der Waals surface area contributed by atoms with Gasteiger partial charge in [0.1, 0.15) is 0 Å². The van der Waals surface area contributed by atoms with Crippen molar-refractivity contribution >= 4 is 0 Å². The van der Waals surface area contributed by atoms with E-state index in [-0.39, 0.29) is 0 Å². The number of nitrogens with one attached hydrogen (secondary N) is 1. The molecule has 0 radical (unpaired) electrons. The van der Waals surface area contributed by atoms with Crippen LogP contribution in [0, 0.1) is 5.92 Å². The summed E-state index contributed by atoms with van der Waals surface area (Å²) in [6.45, 7) is 5.91. The van der Waals surface area contributed by atoms with E-state index in [9.17, 15) is 0 Å². The summed E-state index contributed by atoms with van der Waals surface area (Å²) in [7, 11) is 0. The predicted octanol–water partition coefficient (Wildman–Crippen LogP) is 5.30. The van der Waals surface area contributed by atoms with E-state index in [1.165, 1.54) is 83.6 Å². The summed E-state index contributed by atoms with van der Waals surface area (Å²) >= 11 is 0. The second kappa shape index (κ2) is 10.8. The number of unbranched alkanes of at least 4 members (excludes halogenated alkanes) is 7. The summed E-state index contributed by atoms with van der Waals surface area (Å²) in [5.74, 6) is 1.00. The molecule has 1 aliphatic rings. The molecule has 1 nitrogen and oxygen atoms in total. The average Bonchev–Trinajstić information content (AvgIpc) is 2.42. The van der Waals surface area contributed by atoms with E-state index in [1.54, 1.807) is 0 Å². The van der Waals surface area contributed by atoms with Gasteiger partial charge >= 0.3 is 0 Å². The summed E-state index contributed by atoms with van der Waals surface area (Å²) in [6.07, 6.45) is 17.2. The van der Waals surface area contributed by atoms with Crippen LogP contribution in [0.15, 0.2) is 0 Å². The van der Waals surface area contributed by atoms with Crippen LogP contribution in [0.1, 0.15) is 90.9 Å². The fourth-order valence-corrected chi connectivity index (χ4v) is 3.21. The van der Waals surface area contributed by atoms with Crippen molar-refractivity contribution < 1.29 is 0 Å². The van der Waals surface area contributed by atoms with Gasteiger partial charge in [-0.25, -0.2) is 0 Å². The lowest BCUT2D eigenvalue weighted by Crippen LogP contribution is -2.37. The smallest absolute Gasteiger partial charge is 0.00697 e. The van der Waals surface area contributed by atoms with Crippen LogP contribution in [-0.4, -0.2) is 12.6 Å². The van der Waals surface area contributed by atoms with Crippen LogP contribution in [0.2, 0.25) is 0 Å². The van der Waals surface area contributed by atoms with Gasteiger partial charge in [0.2, 0.25) is 0 Å². The van der Waals surface area contributed by atoms with Crippen LogP contribution in [-0.2, 0) is 0 Å². The van der Waals surface area contributed by atoms with Crippen molar-refractivity contribution in [1.29, 1.82) is 0 Å². The maximum absolute atomic E-state index is 3.70. The maximum Gasteiger partial charge on any atom is 0.00697 e. The van der Waals surface area contributed by atoms with Crippen molar-refractivity contribution in [2.24, 2.45) is 5.92 Å². The topological polar surface area (TPSA) is 12.0 Å². The second-order valence-corrected chi connectivity index (χ2v) is 6.21. The van der Waals surface area contributed by atoms with Crippen LogP contribution in [0.3, 0.4) is 0 Å². The molecule has 1 aliphatic heterocycles. The monoisotopic (exact) mass is 253 g/mol. The van der Waals surface area contributed by atoms with Crippen molar-refractivity contribution in [1.82, 2.24) is 5.32 Å². The first-order valence-electron chi connectivity index (χ1n) is 8.60. The molecule has 0 saturated carbocycles. The SMILES string of the molecule is CCCCCCCCCCC1CC(CC)CCN1. The van der Waals surface area contributed by atoms with Gasteiger partial charge in [0.05, 0.1) is 0 Å². The normalized spacial score (nSPS) is 24.3. The number of rotatable bonds is 10. The van der Waals surface area contributed by atoms with Crippen LogP contribution < -0.4 is 5.32 Å². The van der Waals surface area contributed by atoms with E-state index in [2.05, 4.69) is 19.2 Å². The van der Waals surface area contributed by atoms with Gasteiger partial charge < -0.3 is 5.32 Å². The maximum atomic E-state index is 3.70. The number of hydrogen-bond donors (Lipinski definition) is 1. The third kappa shape index (κ3) is 7.41. The molecular formula is C17H35N. The summed E-state index contributed by atoms with van der Waals surface area (Å²) in [6, 6.07) is 0.837. The summed E-state index contributed by atoms with van der Waals surface area (Å²) in [4.78, 5) is 0. The molecule has 0 amide bonds. The average molecular weight is 253 g/mol. The molecular weight excluding hydrogens is 218 g/mol. The Kier molecular flexibility index (Phi) is 9.65. The standard InChI is InChI=1S/C17H35N/c1-3-5-6-7-8-9-10-11-12-17-15-16(4-2)13-14-18-17/h16-18H,3-15H2,1-2H3. The number of hydrogen-bond acceptors (Lipinski definition) is 1. The minimum atomic E-state index is 0.837. The van der Waals surface area contributed by atoms with Gasteiger partial charge in [-0.05, 0) is 31.7 Å². The van der Waals surface area contributed by atoms with Gasteiger partial charge in [0, 0.05) is 6.04 Å². The Hall–Kier alpha value is -0.0400. The van der Waals surface area contributed by atoms with Gasteiger partial charge in [-0.15, -0.1) is 0 Å². The highest BCUT2D eigenvalue weighted by Crippen LogP contribution is 2.22. The van der Waals surface area contributed by atoms with Crippen LogP contribution in [0.25, 0.3) is 0 Å². The van der Waals surface area contributed by atoms with Gasteiger partial charge in [-0.3, -0.25) is 0 Å². The molecule has 2 unspecified atom stereocenters. The van der Waals surface area contributed by atoms with Crippen molar-refractivity contribution in [3.8, 4) is 0 Å². The van der Waals surface area contributed by atoms with Crippen molar-refractivity contribution in [2.75, 3.05) is 6.54 Å². The van der Waals surface area contributed by atoms with Crippen molar-refractivity contribution in [3.05, 3.63) is 0 Å². The molecule has 0 spiro atoms. The van der Waals surface area contributed by atoms with Crippen LogP contribution in [0.4, 0.5) is 0 Å². The van der Waals surface area contributed by atoms with Gasteiger partial charge in [-0.1, -0.05) is 71.6 Å². The summed E-state index contributed by atoms with van der Waals surface area (Å²) in [5.41, 5.74) is 0. The van der Waals surface area contributed by atoms with E-state index in [0.717, 1.165) is 12.0 Å². The molecule has 0 bridgehead atoms. The highest BCUT2D eigenvalue weighted by atomic mass is 14.9. The first-order chi connectivity index (χ1) is 8.86. The molecule has 0 aliphatic carbocycles. The lowest BCUT2D eigenvalue weighted by Gasteiger charge is -2.29. The Labute approximate surface area is 115 Å². The van der Waals surface area contributed by atoms with E-state index < -0.39 is 0 Å². The molecule has 0 aromatic rings. The van der Waals surface area contributed by atoms with Gasteiger partial charge in [0.15, 0.2) is 0 Å². The zero-order valence-electron chi connectivity index (χ0n) is 12.8. The molecule has 18 heavy (non-hydrogen) atoms. The first kappa shape index (κ1) is 16.0. The Morgan fingerprint density at radius 3 is 2.22 bits per heavy atom. The van der Waals surface area contributed by atoms with E-state index in [4.69, 9.17) is 0 Å². The molecule has 0 aromatic heterocycles. The second-order valence-electron chi connectivity index (χ2n) is 6.21. The Morgan fingerprint density at radius 1 is 0.889 bits per heavy atom. The predicted molar refractivity (Wildman–Crippen MR) is 82.0 cm³/mol. The first-order valence-corrected chi connectivity index (χ1v) is 8.60. The molecule has 1 saturated heterocycles. The van der Waals surface area contributed by atoms with E-state index in [1.807, 2.05) is 0 Å². The quantitative estimate of drug-likeness (QED) is 0.521. The minimum absolute atomic E-state index is 0.837. The molecule has 2 atom stereocenters. The third-order valence-corrected chi connectivity index (χ3v) is 4.59. The lowest BCUT2D eigenvalue weighted by molar-refractivity contribution is 0.280. The van der Waals surface area contributed by atoms with E-state index in [0.29, 0.717) is 0 Å². The lowest BCUT2D eigenvalue weighted by atomic mass is 9.88. The zero-order valence-corrected chi connectivity index (χ0v) is 12.8. The molecule has 0 aromatic carbocycles.